The van der Waals surface area contributed by atoms with Crippen LogP contribution < -0.4 is 15.4 Å². The largest absolute Gasteiger partial charge is 0.482 e. The monoisotopic (exact) mass is 342 g/mol. The third-order valence-corrected chi connectivity index (χ3v) is 3.12. The molecule has 130 valence electrons. The van der Waals surface area contributed by atoms with Gasteiger partial charge in [-0.2, -0.15) is 0 Å². The van der Waals surface area contributed by atoms with Gasteiger partial charge in [0.15, 0.2) is 13.2 Å². The van der Waals surface area contributed by atoms with Gasteiger partial charge in [0.2, 0.25) is 0 Å². The van der Waals surface area contributed by atoms with E-state index >= 15 is 0 Å². The summed E-state index contributed by atoms with van der Waals surface area (Å²) >= 11 is 0. The minimum absolute atomic E-state index is 0.217. The first-order valence-electron chi connectivity index (χ1n) is 7.54. The smallest absolute Gasteiger partial charge is 0.344 e. The molecule has 0 aliphatic heterocycles. The summed E-state index contributed by atoms with van der Waals surface area (Å²) in [5.41, 5.74) is 0.972. The molecule has 0 atom stereocenters. The van der Waals surface area contributed by atoms with E-state index in [1.54, 1.807) is 48.5 Å². The molecule has 0 spiro atoms. The van der Waals surface area contributed by atoms with Gasteiger partial charge in [-0.15, -0.1) is 0 Å². The lowest BCUT2D eigenvalue weighted by Gasteiger charge is -2.08. The SMILES string of the molecule is CNC(=O)c1ccc(NC(=O)COC(=O)COc2ccccc2)cc1. The minimum Gasteiger partial charge on any atom is -0.482 e. The Labute approximate surface area is 144 Å². The average molecular weight is 342 g/mol. The summed E-state index contributed by atoms with van der Waals surface area (Å²) in [4.78, 5) is 34.7. The molecule has 0 radical (unpaired) electrons. The Bertz CT molecular complexity index is 729. The van der Waals surface area contributed by atoms with Gasteiger partial charge in [-0.05, 0) is 36.4 Å². The van der Waals surface area contributed by atoms with E-state index in [4.69, 9.17) is 9.47 Å². The second kappa shape index (κ2) is 9.07. The van der Waals surface area contributed by atoms with E-state index < -0.39 is 18.5 Å². The van der Waals surface area contributed by atoms with Gasteiger partial charge in [-0.25, -0.2) is 4.79 Å². The Kier molecular flexibility index (Phi) is 6.53. The molecule has 0 fully saturated rings. The number of hydrogen-bond acceptors (Lipinski definition) is 5. The fourth-order valence-electron chi connectivity index (χ4n) is 1.89. The maximum Gasteiger partial charge on any atom is 0.344 e. The first-order chi connectivity index (χ1) is 12.1. The van der Waals surface area contributed by atoms with E-state index in [2.05, 4.69) is 10.6 Å². The van der Waals surface area contributed by atoms with Crippen molar-refractivity contribution >= 4 is 23.5 Å². The highest BCUT2D eigenvalue weighted by atomic mass is 16.6. The molecule has 2 N–H and O–H groups in total. The first kappa shape index (κ1) is 18.0. The minimum atomic E-state index is -0.644. The second-order valence-electron chi connectivity index (χ2n) is 4.97. The van der Waals surface area contributed by atoms with Gasteiger partial charge >= 0.3 is 5.97 Å². The van der Waals surface area contributed by atoms with Crippen molar-refractivity contribution < 1.29 is 23.9 Å². The van der Waals surface area contributed by atoms with Crippen molar-refractivity contribution in [3.63, 3.8) is 0 Å². The van der Waals surface area contributed by atoms with Crippen LogP contribution in [-0.2, 0) is 14.3 Å². The van der Waals surface area contributed by atoms with Gasteiger partial charge in [0, 0.05) is 18.3 Å². The number of carbonyl (C=O) groups is 3. The highest BCUT2D eigenvalue weighted by Crippen LogP contribution is 2.10. The fourth-order valence-corrected chi connectivity index (χ4v) is 1.89. The van der Waals surface area contributed by atoms with Gasteiger partial charge in [0.05, 0.1) is 0 Å². The van der Waals surface area contributed by atoms with Crippen molar-refractivity contribution in [2.45, 2.75) is 0 Å². The van der Waals surface area contributed by atoms with Crippen LogP contribution in [0.15, 0.2) is 54.6 Å². The lowest BCUT2D eigenvalue weighted by Crippen LogP contribution is -2.23. The van der Waals surface area contributed by atoms with Gasteiger partial charge < -0.3 is 20.1 Å². The predicted octanol–water partition coefficient (Wildman–Crippen LogP) is 1.61. The number of anilines is 1. The maximum atomic E-state index is 11.8. The molecule has 0 heterocycles. The summed E-state index contributed by atoms with van der Waals surface area (Å²) < 4.78 is 10.1. The van der Waals surface area contributed by atoms with Crippen molar-refractivity contribution in [1.29, 1.82) is 0 Å². The number of ether oxygens (including phenoxy) is 2. The van der Waals surface area contributed by atoms with Crippen LogP contribution >= 0.6 is 0 Å². The standard InChI is InChI=1S/C18H18N2O5/c1-19-18(23)13-7-9-14(10-8-13)20-16(21)11-25-17(22)12-24-15-5-3-2-4-6-15/h2-10H,11-12H2,1H3,(H,19,23)(H,20,21). The quantitative estimate of drug-likeness (QED) is 0.746. The molecule has 0 aliphatic carbocycles. The van der Waals surface area contributed by atoms with Crippen molar-refractivity contribution in [2.75, 3.05) is 25.6 Å². The van der Waals surface area contributed by atoms with Crippen molar-refractivity contribution in [3.05, 3.63) is 60.2 Å². The summed E-state index contributed by atoms with van der Waals surface area (Å²) in [5.74, 6) is -0.806. The zero-order chi connectivity index (χ0) is 18.1. The summed E-state index contributed by atoms with van der Waals surface area (Å²) in [6, 6.07) is 15.1. The fraction of sp³-hybridized carbons (Fsp3) is 0.167. The summed E-state index contributed by atoms with van der Waals surface area (Å²) in [6.45, 7) is -0.702. The zero-order valence-electron chi connectivity index (χ0n) is 13.7. The molecule has 2 amide bonds. The second-order valence-corrected chi connectivity index (χ2v) is 4.97. The topological polar surface area (TPSA) is 93.7 Å². The average Bonchev–Trinajstić information content (AvgIpc) is 2.65. The van der Waals surface area contributed by atoms with Crippen molar-refractivity contribution in [3.8, 4) is 5.75 Å². The van der Waals surface area contributed by atoms with Gasteiger partial charge in [-0.3, -0.25) is 9.59 Å². The molecular weight excluding hydrogens is 324 g/mol. The van der Waals surface area contributed by atoms with Crippen LogP contribution in [0, 0.1) is 0 Å². The number of rotatable bonds is 7. The van der Waals surface area contributed by atoms with E-state index in [0.717, 1.165) is 0 Å². The van der Waals surface area contributed by atoms with Crippen LogP contribution in [0.2, 0.25) is 0 Å². The van der Waals surface area contributed by atoms with E-state index in [1.807, 2.05) is 6.07 Å². The number of esters is 1. The number of nitrogens with one attached hydrogen (secondary N) is 2. The summed E-state index contributed by atoms with van der Waals surface area (Å²) in [6.07, 6.45) is 0. The van der Waals surface area contributed by atoms with Gasteiger partial charge in [-0.1, -0.05) is 18.2 Å². The summed E-state index contributed by atoms with van der Waals surface area (Å²) in [7, 11) is 1.54. The third-order valence-electron chi connectivity index (χ3n) is 3.12. The molecule has 7 heteroatoms. The molecule has 0 saturated heterocycles. The first-order valence-corrected chi connectivity index (χ1v) is 7.54. The van der Waals surface area contributed by atoms with E-state index in [0.29, 0.717) is 17.0 Å². The molecule has 0 bridgehead atoms. The Morgan fingerprint density at radius 3 is 2.24 bits per heavy atom. The van der Waals surface area contributed by atoms with Crippen LogP contribution in [0.3, 0.4) is 0 Å². The van der Waals surface area contributed by atoms with Crippen LogP contribution in [0.5, 0.6) is 5.75 Å². The Balaban J connectivity index is 1.73. The van der Waals surface area contributed by atoms with Crippen molar-refractivity contribution in [2.24, 2.45) is 0 Å². The van der Waals surface area contributed by atoms with Crippen LogP contribution in [-0.4, -0.2) is 38.0 Å². The number of para-hydroxylation sites is 1. The lowest BCUT2D eigenvalue weighted by atomic mass is 10.2. The molecule has 0 aliphatic rings. The molecule has 25 heavy (non-hydrogen) atoms. The third kappa shape index (κ3) is 5.98. The van der Waals surface area contributed by atoms with Crippen LogP contribution in [0.25, 0.3) is 0 Å². The number of carbonyl (C=O) groups excluding carboxylic acids is 3. The summed E-state index contributed by atoms with van der Waals surface area (Å²) in [5, 5.41) is 5.07. The highest BCUT2D eigenvalue weighted by Gasteiger charge is 2.09. The number of amides is 2. The predicted molar refractivity (Wildman–Crippen MR) is 91.4 cm³/mol. The van der Waals surface area contributed by atoms with E-state index in [1.165, 1.54) is 7.05 Å². The van der Waals surface area contributed by atoms with Crippen LogP contribution in [0.4, 0.5) is 5.69 Å². The molecule has 2 aromatic carbocycles. The zero-order valence-corrected chi connectivity index (χ0v) is 13.7. The Morgan fingerprint density at radius 2 is 1.60 bits per heavy atom. The van der Waals surface area contributed by atoms with Crippen molar-refractivity contribution in [1.82, 2.24) is 5.32 Å². The number of hydrogen-bond donors (Lipinski definition) is 2. The van der Waals surface area contributed by atoms with Gasteiger partial charge in [0.1, 0.15) is 5.75 Å². The Morgan fingerprint density at radius 1 is 0.920 bits per heavy atom. The number of benzene rings is 2. The normalized spacial score (nSPS) is 9.80. The molecule has 2 aromatic rings. The van der Waals surface area contributed by atoms with Gasteiger partial charge in [0.25, 0.3) is 11.8 Å². The maximum absolute atomic E-state index is 11.8. The Hall–Kier alpha value is -3.35. The molecule has 0 unspecified atom stereocenters. The van der Waals surface area contributed by atoms with E-state index in [9.17, 15) is 14.4 Å². The van der Waals surface area contributed by atoms with E-state index in [-0.39, 0.29) is 12.5 Å². The molecular formula is C18H18N2O5. The molecule has 0 saturated carbocycles. The molecule has 2 rings (SSSR count). The molecule has 0 aromatic heterocycles. The van der Waals surface area contributed by atoms with Crippen LogP contribution in [0.1, 0.15) is 10.4 Å². The molecule has 7 nitrogen and oxygen atoms in total. The highest BCUT2D eigenvalue weighted by molar-refractivity contribution is 5.96. The lowest BCUT2D eigenvalue weighted by molar-refractivity contribution is -0.149.